The van der Waals surface area contributed by atoms with Gasteiger partial charge in [0.25, 0.3) is 5.84 Å². The first-order valence-corrected chi connectivity index (χ1v) is 9.23. The molecule has 6 nitrogen and oxygen atoms in total. The fourth-order valence-electron chi connectivity index (χ4n) is 3.83. The minimum atomic E-state index is -1.18. The Morgan fingerprint density at radius 3 is 3.00 bits per heavy atom. The van der Waals surface area contributed by atoms with Crippen LogP contribution in [0.15, 0.2) is 34.3 Å². The topological polar surface area (TPSA) is 84.7 Å². The molecule has 3 heterocycles. The molecule has 0 bridgehead atoms. The van der Waals surface area contributed by atoms with E-state index in [1.54, 1.807) is 35.9 Å². The highest BCUT2D eigenvalue weighted by Gasteiger charge is 2.39. The number of hydrogen-bond donors (Lipinski definition) is 1. The van der Waals surface area contributed by atoms with E-state index >= 15 is 0 Å². The Hall–Kier alpha value is -2.51. The summed E-state index contributed by atoms with van der Waals surface area (Å²) in [6.45, 7) is 0. The van der Waals surface area contributed by atoms with E-state index in [9.17, 15) is 9.90 Å². The van der Waals surface area contributed by atoms with Gasteiger partial charge in [-0.1, -0.05) is 18.2 Å². The normalized spacial score (nSPS) is 20.7. The van der Waals surface area contributed by atoms with Crippen LogP contribution in [0.2, 0.25) is 0 Å². The molecule has 2 aliphatic heterocycles. The first-order chi connectivity index (χ1) is 12.2. The lowest BCUT2D eigenvalue weighted by Crippen LogP contribution is -2.94. The minimum absolute atomic E-state index is 0.129. The van der Waals surface area contributed by atoms with Crippen molar-refractivity contribution in [1.29, 1.82) is 0 Å². The molecule has 1 aromatic carbocycles. The highest BCUT2D eigenvalue weighted by Crippen LogP contribution is 2.46. The number of quaternary nitrogens is 1. The molecule has 25 heavy (non-hydrogen) atoms. The molecule has 1 aliphatic carbocycles. The Labute approximate surface area is 148 Å². The van der Waals surface area contributed by atoms with Crippen molar-refractivity contribution in [2.75, 3.05) is 0 Å². The molecule has 2 N–H and O–H groups in total. The summed E-state index contributed by atoms with van der Waals surface area (Å²) < 4.78 is 0. The van der Waals surface area contributed by atoms with Crippen molar-refractivity contribution in [3.8, 4) is 0 Å². The molecule has 1 aromatic heterocycles. The van der Waals surface area contributed by atoms with E-state index in [1.807, 2.05) is 16.5 Å². The monoisotopic (exact) mass is 352 g/mol. The van der Waals surface area contributed by atoms with E-state index < -0.39 is 5.97 Å². The molecule has 0 amide bonds. The predicted molar refractivity (Wildman–Crippen MR) is 92.9 cm³/mol. The van der Waals surface area contributed by atoms with Crippen LogP contribution in [0.1, 0.15) is 50.9 Å². The fourth-order valence-corrected chi connectivity index (χ4v) is 5.09. The van der Waals surface area contributed by atoms with Crippen LogP contribution in [0, 0.1) is 0 Å². The molecule has 126 valence electrons. The maximum Gasteiger partial charge on any atom is 0.255 e. The van der Waals surface area contributed by atoms with Crippen LogP contribution in [0.5, 0.6) is 0 Å². The highest BCUT2D eigenvalue weighted by molar-refractivity contribution is 7.16. The fraction of sp³-hybridized carbons (Fsp3) is 0.278. The van der Waals surface area contributed by atoms with E-state index in [0.717, 1.165) is 17.8 Å². The van der Waals surface area contributed by atoms with Gasteiger partial charge in [0.05, 0.1) is 11.5 Å². The number of aryl methyl sites for hydroxylation is 1. The summed E-state index contributed by atoms with van der Waals surface area (Å²) in [7, 11) is 0. The standard InChI is InChI=1S/C18H16N4O2S/c23-18(24)11-6-2-1-5-10(11)15-20-16-14-12-7-3-4-8-13(12)25-17(14)19-9-22(16)21-15/h1-2,5-6,9,16H,3-4,7-8H2,(H,20,21)(H,23,24). The van der Waals surface area contributed by atoms with Crippen LogP contribution >= 0.6 is 11.3 Å². The number of fused-ring (bicyclic) bond motifs is 5. The number of thiophene rings is 1. The van der Waals surface area contributed by atoms with Gasteiger partial charge in [0.2, 0.25) is 6.17 Å². The second-order valence-corrected chi connectivity index (χ2v) is 7.56. The summed E-state index contributed by atoms with van der Waals surface area (Å²) in [5.74, 6) is -0.515. The number of carboxylic acid groups (broad SMARTS) is 1. The zero-order valence-corrected chi connectivity index (χ0v) is 14.3. The van der Waals surface area contributed by atoms with Crippen LogP contribution < -0.4 is 10.5 Å². The molecule has 5 rings (SSSR count). The Bertz CT molecular complexity index is 947. The van der Waals surface area contributed by atoms with Crippen molar-refractivity contribution in [2.24, 2.45) is 9.98 Å². The number of carboxylic acids is 1. The van der Waals surface area contributed by atoms with Gasteiger partial charge in [0, 0.05) is 16.0 Å². The molecule has 3 aliphatic rings. The summed E-state index contributed by atoms with van der Waals surface area (Å²) in [6.07, 6.45) is 6.33. The smallest absolute Gasteiger partial charge is 0.255 e. The van der Waals surface area contributed by atoms with Crippen LogP contribution in [0.3, 0.4) is 0 Å². The zero-order valence-electron chi connectivity index (χ0n) is 13.4. The van der Waals surface area contributed by atoms with Crippen molar-refractivity contribution < 1.29 is 15.3 Å². The van der Waals surface area contributed by atoms with Gasteiger partial charge in [-0.3, -0.25) is 0 Å². The largest absolute Gasteiger partial charge is 0.545 e. The second kappa shape index (κ2) is 5.50. The van der Waals surface area contributed by atoms with Gasteiger partial charge in [-0.05, 0) is 37.3 Å². The van der Waals surface area contributed by atoms with E-state index in [-0.39, 0.29) is 11.7 Å². The molecule has 0 spiro atoms. The number of carbonyl (C=O) groups excluding carboxylic acids is 1. The zero-order chi connectivity index (χ0) is 17.0. The lowest BCUT2D eigenvalue weighted by Gasteiger charge is -2.22. The second-order valence-electron chi connectivity index (χ2n) is 6.47. The molecule has 0 radical (unpaired) electrons. The average Bonchev–Trinajstić information content (AvgIpc) is 3.22. The molecule has 0 saturated carbocycles. The van der Waals surface area contributed by atoms with Gasteiger partial charge >= 0.3 is 0 Å². The third-order valence-corrected chi connectivity index (χ3v) is 6.21. The number of carbonyl (C=O) groups is 1. The lowest BCUT2D eigenvalue weighted by molar-refractivity contribution is -0.683. The number of nitrogens with two attached hydrogens (primary N) is 1. The maximum absolute atomic E-state index is 11.4. The summed E-state index contributed by atoms with van der Waals surface area (Å²) >= 11 is 1.78. The molecule has 1 unspecified atom stereocenters. The first-order valence-electron chi connectivity index (χ1n) is 8.42. The third-order valence-electron chi connectivity index (χ3n) is 5.00. The summed E-state index contributed by atoms with van der Waals surface area (Å²) in [4.78, 5) is 22.3. The lowest BCUT2D eigenvalue weighted by atomic mass is 9.94. The van der Waals surface area contributed by atoms with Crippen LogP contribution in [-0.4, -0.2) is 23.2 Å². The number of amidine groups is 1. The van der Waals surface area contributed by atoms with Crippen LogP contribution in [-0.2, 0) is 12.8 Å². The third kappa shape index (κ3) is 2.23. The van der Waals surface area contributed by atoms with Gasteiger partial charge in [0.15, 0.2) is 0 Å². The van der Waals surface area contributed by atoms with E-state index in [0.29, 0.717) is 11.4 Å². The number of nitrogens with zero attached hydrogens (tertiary/aromatic N) is 3. The Morgan fingerprint density at radius 1 is 1.28 bits per heavy atom. The Morgan fingerprint density at radius 2 is 2.12 bits per heavy atom. The summed E-state index contributed by atoms with van der Waals surface area (Å²) in [6, 6.07) is 6.86. The van der Waals surface area contributed by atoms with Crippen LogP contribution in [0.25, 0.3) is 0 Å². The number of rotatable bonds is 2. The van der Waals surface area contributed by atoms with E-state index in [1.165, 1.54) is 28.8 Å². The first kappa shape index (κ1) is 14.8. The number of aromatic carboxylic acids is 1. The van der Waals surface area contributed by atoms with Gasteiger partial charge in [-0.25, -0.2) is 4.99 Å². The molecule has 7 heteroatoms. The quantitative estimate of drug-likeness (QED) is 0.815. The van der Waals surface area contributed by atoms with Crippen molar-refractivity contribution in [2.45, 2.75) is 31.8 Å². The van der Waals surface area contributed by atoms with Gasteiger partial charge in [-0.15, -0.1) is 11.3 Å². The number of hydrogen-bond acceptors (Lipinski definition) is 6. The molecule has 1 atom stereocenters. The van der Waals surface area contributed by atoms with Gasteiger partial charge in [-0.2, -0.15) is 15.4 Å². The van der Waals surface area contributed by atoms with Crippen molar-refractivity contribution in [1.82, 2.24) is 5.01 Å². The molecule has 2 aromatic rings. The van der Waals surface area contributed by atoms with Crippen molar-refractivity contribution >= 4 is 34.5 Å². The Kier molecular flexibility index (Phi) is 3.26. The summed E-state index contributed by atoms with van der Waals surface area (Å²) in [5.41, 5.74) is 5.26. The highest BCUT2D eigenvalue weighted by atomic mass is 32.1. The maximum atomic E-state index is 11.4. The molecular formula is C18H16N4O2S. The summed E-state index contributed by atoms with van der Waals surface area (Å²) in [5, 5.41) is 14.5. The molecule has 0 saturated heterocycles. The van der Waals surface area contributed by atoms with E-state index in [2.05, 4.69) is 4.99 Å². The molecular weight excluding hydrogens is 336 g/mol. The number of aliphatic imine (C=N–C) groups is 2. The number of benzene rings is 1. The predicted octanol–water partition coefficient (Wildman–Crippen LogP) is 0.903. The molecule has 0 fully saturated rings. The van der Waals surface area contributed by atoms with Gasteiger partial charge in [0.1, 0.15) is 11.3 Å². The minimum Gasteiger partial charge on any atom is -0.545 e. The van der Waals surface area contributed by atoms with Crippen molar-refractivity contribution in [3.05, 3.63) is 51.4 Å². The van der Waals surface area contributed by atoms with E-state index in [4.69, 9.17) is 4.99 Å². The average molecular weight is 352 g/mol. The van der Waals surface area contributed by atoms with Gasteiger partial charge < -0.3 is 9.90 Å². The van der Waals surface area contributed by atoms with Crippen molar-refractivity contribution in [3.63, 3.8) is 0 Å². The SMILES string of the molecule is O=C([O-])c1ccccc1C1=NC2c3c(sc4c3CCCC4)N=CN2[NH2+]1. The Balaban J connectivity index is 1.60. The van der Waals surface area contributed by atoms with Crippen LogP contribution in [0.4, 0.5) is 5.00 Å².